The zero-order valence-electron chi connectivity index (χ0n) is 13.6. The summed E-state index contributed by atoms with van der Waals surface area (Å²) in [5.41, 5.74) is 1.74. The highest BCUT2D eigenvalue weighted by atomic mass is 32.1. The summed E-state index contributed by atoms with van der Waals surface area (Å²) in [7, 11) is 0. The first-order valence-electron chi connectivity index (χ1n) is 7.74. The van der Waals surface area contributed by atoms with Gasteiger partial charge in [-0.25, -0.2) is 4.39 Å². The fourth-order valence-corrected chi connectivity index (χ4v) is 3.40. The van der Waals surface area contributed by atoms with Crippen molar-refractivity contribution in [2.45, 2.75) is 0 Å². The highest BCUT2D eigenvalue weighted by Gasteiger charge is 2.11. The van der Waals surface area contributed by atoms with Gasteiger partial charge in [0.1, 0.15) is 17.2 Å². The molecule has 0 radical (unpaired) electrons. The van der Waals surface area contributed by atoms with Crippen LogP contribution in [0.4, 0.5) is 10.1 Å². The van der Waals surface area contributed by atoms with Crippen LogP contribution in [0.3, 0.4) is 0 Å². The van der Waals surface area contributed by atoms with Crippen molar-refractivity contribution in [1.29, 1.82) is 0 Å². The minimum Gasteiger partial charge on any atom is -0.332 e. The fourth-order valence-electron chi connectivity index (χ4n) is 2.37. The average Bonchev–Trinajstić information content (AvgIpc) is 3.24. The third-order valence-corrected chi connectivity index (χ3v) is 4.73. The SMILES string of the molecule is O=C(NC(=S)Nc1cccc(-c2nn3cnnc3s2)c1)c1cccc(F)c1. The number of aromatic nitrogens is 4. The molecule has 134 valence electrons. The molecule has 2 heterocycles. The third-order valence-electron chi connectivity index (χ3n) is 3.57. The summed E-state index contributed by atoms with van der Waals surface area (Å²) < 4.78 is 14.8. The Morgan fingerprint density at radius 2 is 2.04 bits per heavy atom. The van der Waals surface area contributed by atoms with Crippen LogP contribution in [-0.2, 0) is 0 Å². The Morgan fingerprint density at radius 3 is 2.85 bits per heavy atom. The monoisotopic (exact) mass is 398 g/mol. The molecule has 0 saturated heterocycles. The van der Waals surface area contributed by atoms with E-state index in [0.717, 1.165) is 16.6 Å². The van der Waals surface area contributed by atoms with E-state index in [1.54, 1.807) is 4.52 Å². The van der Waals surface area contributed by atoms with Gasteiger partial charge in [0.05, 0.1) is 0 Å². The lowest BCUT2D eigenvalue weighted by molar-refractivity contribution is 0.0977. The zero-order chi connectivity index (χ0) is 18.8. The number of carbonyl (C=O) groups is 1. The van der Waals surface area contributed by atoms with E-state index in [1.165, 1.54) is 35.9 Å². The summed E-state index contributed by atoms with van der Waals surface area (Å²) in [6.07, 6.45) is 1.54. The Bertz CT molecular complexity index is 1130. The van der Waals surface area contributed by atoms with Gasteiger partial charge in [-0.3, -0.25) is 10.1 Å². The number of carbonyl (C=O) groups excluding carboxylic acids is 1. The standard InChI is InChI=1S/C17H11FN6OS2/c18-12-5-1-3-10(7-12)14(25)21-16(26)20-13-6-2-4-11(8-13)15-23-24-9-19-22-17(24)27-15/h1-9H,(H2,20,21,25,26). The van der Waals surface area contributed by atoms with Crippen LogP contribution in [0.2, 0.25) is 0 Å². The second-order valence-electron chi connectivity index (χ2n) is 5.46. The lowest BCUT2D eigenvalue weighted by Crippen LogP contribution is -2.34. The van der Waals surface area contributed by atoms with E-state index < -0.39 is 11.7 Å². The summed E-state index contributed by atoms with van der Waals surface area (Å²) in [5, 5.41) is 18.5. The highest BCUT2D eigenvalue weighted by Crippen LogP contribution is 2.26. The number of nitrogens with one attached hydrogen (secondary N) is 2. The van der Waals surface area contributed by atoms with Crippen LogP contribution in [0.1, 0.15) is 10.4 Å². The van der Waals surface area contributed by atoms with Gasteiger partial charge in [0.2, 0.25) is 4.96 Å². The van der Waals surface area contributed by atoms with Gasteiger partial charge in [-0.15, -0.1) is 10.2 Å². The van der Waals surface area contributed by atoms with Gasteiger partial charge in [-0.1, -0.05) is 29.5 Å². The van der Waals surface area contributed by atoms with E-state index in [1.807, 2.05) is 24.3 Å². The van der Waals surface area contributed by atoms with Crippen LogP contribution in [0.15, 0.2) is 54.9 Å². The van der Waals surface area contributed by atoms with Gasteiger partial charge < -0.3 is 5.32 Å². The molecular weight excluding hydrogens is 387 g/mol. The van der Waals surface area contributed by atoms with Gasteiger partial charge in [-0.2, -0.15) is 9.61 Å². The number of benzene rings is 2. The molecule has 4 aromatic rings. The molecule has 2 N–H and O–H groups in total. The molecule has 0 bridgehead atoms. The molecule has 10 heteroatoms. The molecule has 27 heavy (non-hydrogen) atoms. The minimum atomic E-state index is -0.489. The van der Waals surface area contributed by atoms with Crippen molar-refractivity contribution in [2.75, 3.05) is 5.32 Å². The maximum absolute atomic E-state index is 13.2. The van der Waals surface area contributed by atoms with Gasteiger partial charge in [-0.05, 0) is 42.5 Å². The molecule has 4 rings (SSSR count). The number of rotatable bonds is 3. The van der Waals surface area contributed by atoms with Gasteiger partial charge >= 0.3 is 0 Å². The molecule has 0 spiro atoms. The summed E-state index contributed by atoms with van der Waals surface area (Å²) in [6.45, 7) is 0. The van der Waals surface area contributed by atoms with Crippen LogP contribution >= 0.6 is 23.6 Å². The van der Waals surface area contributed by atoms with Crippen molar-refractivity contribution in [2.24, 2.45) is 0 Å². The molecule has 0 fully saturated rings. The normalized spacial score (nSPS) is 10.7. The molecule has 0 atom stereocenters. The molecule has 0 aliphatic rings. The Balaban J connectivity index is 1.47. The van der Waals surface area contributed by atoms with Crippen LogP contribution in [0.25, 0.3) is 15.5 Å². The smallest absolute Gasteiger partial charge is 0.257 e. The first kappa shape index (κ1) is 17.2. The lowest BCUT2D eigenvalue weighted by atomic mass is 10.2. The van der Waals surface area contributed by atoms with Crippen LogP contribution in [-0.4, -0.2) is 30.8 Å². The van der Waals surface area contributed by atoms with Crippen molar-refractivity contribution in [1.82, 2.24) is 25.1 Å². The van der Waals surface area contributed by atoms with Crippen molar-refractivity contribution < 1.29 is 9.18 Å². The zero-order valence-corrected chi connectivity index (χ0v) is 15.2. The van der Waals surface area contributed by atoms with Crippen LogP contribution < -0.4 is 10.6 Å². The van der Waals surface area contributed by atoms with E-state index in [0.29, 0.717) is 10.6 Å². The van der Waals surface area contributed by atoms with E-state index in [-0.39, 0.29) is 10.7 Å². The van der Waals surface area contributed by atoms with Crippen molar-refractivity contribution in [3.63, 3.8) is 0 Å². The molecule has 0 aliphatic heterocycles. The Hall–Kier alpha value is -3.24. The molecule has 7 nitrogen and oxygen atoms in total. The van der Waals surface area contributed by atoms with Crippen LogP contribution in [0, 0.1) is 5.82 Å². The van der Waals surface area contributed by atoms with Gasteiger partial charge in [0.25, 0.3) is 5.91 Å². The second kappa shape index (κ2) is 7.17. The highest BCUT2D eigenvalue weighted by molar-refractivity contribution is 7.80. The van der Waals surface area contributed by atoms with E-state index in [9.17, 15) is 9.18 Å². The predicted octanol–water partition coefficient (Wildman–Crippen LogP) is 3.12. The van der Waals surface area contributed by atoms with Gasteiger partial charge in [0, 0.05) is 16.8 Å². The minimum absolute atomic E-state index is 0.111. The topological polar surface area (TPSA) is 84.2 Å². The summed E-state index contributed by atoms with van der Waals surface area (Å²) in [5.74, 6) is -0.976. The van der Waals surface area contributed by atoms with Crippen molar-refractivity contribution in [3.8, 4) is 10.6 Å². The number of hydrogen-bond acceptors (Lipinski definition) is 6. The first-order chi connectivity index (χ1) is 13.1. The number of anilines is 1. The number of nitrogens with zero attached hydrogens (tertiary/aromatic N) is 4. The maximum atomic E-state index is 13.2. The van der Waals surface area contributed by atoms with E-state index in [4.69, 9.17) is 12.2 Å². The third kappa shape index (κ3) is 3.81. The largest absolute Gasteiger partial charge is 0.332 e. The first-order valence-corrected chi connectivity index (χ1v) is 8.96. The Kier molecular flexibility index (Phi) is 4.57. The molecule has 0 unspecified atom stereocenters. The molecular formula is C17H11FN6OS2. The summed E-state index contributed by atoms with van der Waals surface area (Å²) in [6, 6.07) is 12.8. The number of halogens is 1. The molecule has 0 saturated carbocycles. The predicted molar refractivity (Wildman–Crippen MR) is 104 cm³/mol. The fraction of sp³-hybridized carbons (Fsp3) is 0. The molecule has 1 amide bonds. The van der Waals surface area contributed by atoms with E-state index in [2.05, 4.69) is 25.9 Å². The second-order valence-corrected chi connectivity index (χ2v) is 6.83. The number of thiocarbonyl (C=S) groups is 1. The number of amides is 1. The molecule has 2 aromatic carbocycles. The average molecular weight is 398 g/mol. The van der Waals surface area contributed by atoms with Crippen molar-refractivity contribution >= 4 is 45.2 Å². The Morgan fingerprint density at radius 1 is 1.19 bits per heavy atom. The molecule has 2 aromatic heterocycles. The quantitative estimate of drug-likeness (QED) is 0.516. The molecule has 0 aliphatic carbocycles. The van der Waals surface area contributed by atoms with Crippen molar-refractivity contribution in [3.05, 3.63) is 66.2 Å². The number of hydrogen-bond donors (Lipinski definition) is 2. The summed E-state index contributed by atoms with van der Waals surface area (Å²) in [4.78, 5) is 12.8. The maximum Gasteiger partial charge on any atom is 0.257 e. The van der Waals surface area contributed by atoms with E-state index >= 15 is 0 Å². The lowest BCUT2D eigenvalue weighted by Gasteiger charge is -2.10. The number of fused-ring (bicyclic) bond motifs is 1. The van der Waals surface area contributed by atoms with Gasteiger partial charge in [0.15, 0.2) is 5.11 Å². The summed E-state index contributed by atoms with van der Waals surface area (Å²) >= 11 is 6.58. The Labute approximate surface area is 161 Å². The van der Waals surface area contributed by atoms with Crippen LogP contribution in [0.5, 0.6) is 0 Å².